The maximum atomic E-state index is 12.7. The average Bonchev–Trinajstić information content (AvgIpc) is 2.62. The second-order valence-corrected chi connectivity index (χ2v) is 3.76. The maximum Gasteiger partial charge on any atom is 0.430 e. The Hall–Kier alpha value is -2.45. The molecule has 2 rings (SSSR count). The summed E-state index contributed by atoms with van der Waals surface area (Å²) >= 11 is 0. The third kappa shape index (κ3) is 2.22. The van der Waals surface area contributed by atoms with Gasteiger partial charge >= 0.3 is 12.1 Å². The van der Waals surface area contributed by atoms with Crippen molar-refractivity contribution in [3.63, 3.8) is 0 Å². The first-order valence-electron chi connectivity index (χ1n) is 5.14. The monoisotopic (exact) mass is 291 g/mol. The number of imide groups is 1. The number of fused-ring (bicyclic) bond motifs is 1. The summed E-state index contributed by atoms with van der Waals surface area (Å²) in [4.78, 5) is 38.1. The van der Waals surface area contributed by atoms with Gasteiger partial charge in [0.1, 0.15) is 0 Å². The van der Waals surface area contributed by atoms with Crippen LogP contribution in [0, 0.1) is 0 Å². The van der Waals surface area contributed by atoms with E-state index in [-0.39, 0.29) is 16.2 Å². The van der Waals surface area contributed by atoms with Gasteiger partial charge in [-0.25, -0.2) is 9.18 Å². The van der Waals surface area contributed by atoms with Crippen molar-refractivity contribution < 1.29 is 36.8 Å². The molecule has 0 N–H and O–H groups in total. The van der Waals surface area contributed by atoms with Crippen molar-refractivity contribution in [3.8, 4) is 0 Å². The van der Waals surface area contributed by atoms with E-state index in [4.69, 9.17) is 0 Å². The van der Waals surface area contributed by atoms with Crippen LogP contribution in [0.5, 0.6) is 0 Å². The molecular weight excluding hydrogens is 286 g/mol. The lowest BCUT2D eigenvalue weighted by Gasteiger charge is -2.15. The molecule has 9 heteroatoms. The predicted molar refractivity (Wildman–Crippen MR) is 54.0 cm³/mol. The van der Waals surface area contributed by atoms with E-state index in [1.807, 2.05) is 0 Å². The van der Waals surface area contributed by atoms with Gasteiger partial charge in [0, 0.05) is 0 Å². The lowest BCUT2D eigenvalue weighted by molar-refractivity contribution is -0.215. The Morgan fingerprint density at radius 1 is 1.10 bits per heavy atom. The fourth-order valence-corrected chi connectivity index (χ4v) is 1.52. The Labute approximate surface area is 108 Å². The molecule has 0 aliphatic carbocycles. The van der Waals surface area contributed by atoms with Crippen LogP contribution >= 0.6 is 0 Å². The number of nitrogens with zero attached hydrogens (tertiary/aromatic N) is 1. The van der Waals surface area contributed by atoms with Gasteiger partial charge in [0.15, 0.2) is 0 Å². The molecule has 0 radical (unpaired) electrons. The summed E-state index contributed by atoms with van der Waals surface area (Å²) in [7, 11) is 0. The molecule has 1 heterocycles. The Bertz CT molecular complexity index is 563. The van der Waals surface area contributed by atoms with Gasteiger partial charge in [0.25, 0.3) is 18.0 Å². The van der Waals surface area contributed by atoms with Crippen LogP contribution in [0.25, 0.3) is 0 Å². The van der Waals surface area contributed by atoms with Crippen molar-refractivity contribution in [2.75, 3.05) is 0 Å². The zero-order valence-electron chi connectivity index (χ0n) is 9.48. The third-order valence-electron chi connectivity index (χ3n) is 2.43. The molecule has 0 spiro atoms. The molecule has 0 saturated carbocycles. The van der Waals surface area contributed by atoms with Crippen LogP contribution in [0.1, 0.15) is 20.7 Å². The summed E-state index contributed by atoms with van der Waals surface area (Å²) < 4.78 is 48.6. The summed E-state index contributed by atoms with van der Waals surface area (Å²) in [6, 6.07) is 5.26. The zero-order chi connectivity index (χ0) is 15.1. The van der Waals surface area contributed by atoms with Crippen LogP contribution in [0.3, 0.4) is 0 Å². The minimum absolute atomic E-state index is 0.146. The van der Waals surface area contributed by atoms with Crippen LogP contribution in [0.2, 0.25) is 0 Å². The highest BCUT2D eigenvalue weighted by molar-refractivity contribution is 6.20. The molecule has 5 nitrogen and oxygen atoms in total. The summed E-state index contributed by atoms with van der Waals surface area (Å²) in [5.41, 5.74) is -0.291. The van der Waals surface area contributed by atoms with E-state index in [0.29, 0.717) is 0 Å². The molecular formula is C11H5F4NO4. The second-order valence-electron chi connectivity index (χ2n) is 3.76. The fraction of sp³-hybridized carbons (Fsp3) is 0.182. The minimum atomic E-state index is -5.48. The minimum Gasteiger partial charge on any atom is -0.326 e. The summed E-state index contributed by atoms with van der Waals surface area (Å²) in [5, 5.41) is -0.189. The lowest BCUT2D eigenvalue weighted by Crippen LogP contribution is -2.40. The maximum absolute atomic E-state index is 12.7. The van der Waals surface area contributed by atoms with Crippen molar-refractivity contribution >= 4 is 17.8 Å². The SMILES string of the molecule is O=C(ON1C(=O)c2ccccc2C1=O)C(F)C(F)(F)F. The Morgan fingerprint density at radius 3 is 1.95 bits per heavy atom. The van der Waals surface area contributed by atoms with Crippen LogP contribution in [0.4, 0.5) is 17.6 Å². The fourth-order valence-electron chi connectivity index (χ4n) is 1.52. The number of alkyl halides is 4. The van der Waals surface area contributed by atoms with Gasteiger partial charge in [-0.1, -0.05) is 17.2 Å². The van der Waals surface area contributed by atoms with Gasteiger partial charge in [-0.15, -0.1) is 0 Å². The Kier molecular flexibility index (Phi) is 3.20. The molecule has 1 aliphatic heterocycles. The van der Waals surface area contributed by atoms with Crippen LogP contribution in [0.15, 0.2) is 24.3 Å². The van der Waals surface area contributed by atoms with Crippen LogP contribution in [-0.2, 0) is 9.63 Å². The van der Waals surface area contributed by atoms with Crippen molar-refractivity contribution in [1.82, 2.24) is 5.06 Å². The third-order valence-corrected chi connectivity index (χ3v) is 2.43. The normalized spacial score (nSPS) is 16.1. The Morgan fingerprint density at radius 2 is 1.55 bits per heavy atom. The van der Waals surface area contributed by atoms with E-state index in [1.54, 1.807) is 0 Å². The largest absolute Gasteiger partial charge is 0.430 e. The number of halogens is 4. The molecule has 2 amide bonds. The highest BCUT2D eigenvalue weighted by Crippen LogP contribution is 2.27. The number of amides is 2. The number of hydrogen-bond donors (Lipinski definition) is 0. The first kappa shape index (κ1) is 14.0. The molecule has 0 aromatic heterocycles. The highest BCUT2D eigenvalue weighted by Gasteiger charge is 2.49. The first-order valence-corrected chi connectivity index (χ1v) is 5.14. The van der Waals surface area contributed by atoms with E-state index >= 15 is 0 Å². The molecule has 1 atom stereocenters. The number of carbonyl (C=O) groups excluding carboxylic acids is 3. The molecule has 1 aromatic rings. The first-order chi connectivity index (χ1) is 9.23. The molecule has 1 aliphatic rings. The molecule has 0 saturated heterocycles. The highest BCUT2D eigenvalue weighted by atomic mass is 19.4. The van der Waals surface area contributed by atoms with Gasteiger partial charge in [-0.3, -0.25) is 9.59 Å². The van der Waals surface area contributed by atoms with Crippen LogP contribution < -0.4 is 0 Å². The number of benzene rings is 1. The molecule has 106 valence electrons. The van der Waals surface area contributed by atoms with Crippen molar-refractivity contribution in [3.05, 3.63) is 35.4 Å². The molecule has 0 fully saturated rings. The van der Waals surface area contributed by atoms with E-state index < -0.39 is 30.1 Å². The number of hydrogen-bond acceptors (Lipinski definition) is 4. The zero-order valence-corrected chi connectivity index (χ0v) is 9.48. The van der Waals surface area contributed by atoms with Gasteiger partial charge in [-0.05, 0) is 12.1 Å². The van der Waals surface area contributed by atoms with Gasteiger partial charge < -0.3 is 4.84 Å². The van der Waals surface area contributed by atoms with Crippen molar-refractivity contribution in [2.45, 2.75) is 12.3 Å². The second kappa shape index (κ2) is 4.58. The van der Waals surface area contributed by atoms with Crippen LogP contribution in [-0.4, -0.2) is 35.2 Å². The van der Waals surface area contributed by atoms with Crippen molar-refractivity contribution in [2.24, 2.45) is 0 Å². The van der Waals surface area contributed by atoms with E-state index in [9.17, 15) is 31.9 Å². The number of rotatable bonds is 2. The summed E-state index contributed by atoms with van der Waals surface area (Å²) in [6.45, 7) is 0. The molecule has 1 aromatic carbocycles. The average molecular weight is 291 g/mol. The molecule has 0 bridgehead atoms. The predicted octanol–water partition coefficient (Wildman–Crippen LogP) is 1.64. The summed E-state index contributed by atoms with van der Waals surface area (Å²) in [5.74, 6) is -4.64. The topological polar surface area (TPSA) is 63.7 Å². The number of carbonyl (C=O) groups is 3. The van der Waals surface area contributed by atoms with E-state index in [0.717, 1.165) is 0 Å². The van der Waals surface area contributed by atoms with Gasteiger partial charge in [0.2, 0.25) is 0 Å². The molecule has 1 unspecified atom stereocenters. The van der Waals surface area contributed by atoms with Gasteiger partial charge in [0.05, 0.1) is 11.1 Å². The number of hydroxylamine groups is 2. The summed E-state index contributed by atoms with van der Waals surface area (Å²) in [6.07, 6.45) is -9.41. The lowest BCUT2D eigenvalue weighted by atomic mass is 10.1. The molecule has 20 heavy (non-hydrogen) atoms. The van der Waals surface area contributed by atoms with E-state index in [2.05, 4.69) is 4.84 Å². The van der Waals surface area contributed by atoms with Crippen molar-refractivity contribution in [1.29, 1.82) is 0 Å². The standard InChI is InChI=1S/C11H5F4NO4/c12-7(11(13,14)15)10(19)20-16-8(17)5-3-1-2-4-6(5)9(16)18/h1-4,7H. The van der Waals surface area contributed by atoms with E-state index in [1.165, 1.54) is 24.3 Å². The Balaban J connectivity index is 2.19. The van der Waals surface area contributed by atoms with Gasteiger partial charge in [-0.2, -0.15) is 13.2 Å². The quantitative estimate of drug-likeness (QED) is 0.614. The smallest absolute Gasteiger partial charge is 0.326 e.